The zero-order valence-electron chi connectivity index (χ0n) is 19.5. The van der Waals surface area contributed by atoms with Crippen LogP contribution in [0.25, 0.3) is 16.7 Å². The fourth-order valence-electron chi connectivity index (χ4n) is 5.15. The standard InChI is InChI=1S/C25H33N7/c1-19-20(8-9-30-14-10-28(2)11-15-30)25(31-16-12-29(3)13-17-31)32-23-7-5-4-6-22(23)27-24(32)21(19)18-26/h4-7H,8-17H2,1-3H3. The van der Waals surface area contributed by atoms with Gasteiger partial charge >= 0.3 is 0 Å². The number of fused-ring (bicyclic) bond motifs is 3. The maximum absolute atomic E-state index is 10.1. The molecule has 0 radical (unpaired) electrons. The van der Waals surface area contributed by atoms with Crippen LogP contribution in [-0.4, -0.2) is 97.1 Å². The third kappa shape index (κ3) is 3.73. The first-order valence-electron chi connectivity index (χ1n) is 11.7. The van der Waals surface area contributed by atoms with Crippen LogP contribution in [-0.2, 0) is 6.42 Å². The van der Waals surface area contributed by atoms with Crippen LogP contribution in [0.15, 0.2) is 24.3 Å². The molecule has 7 nitrogen and oxygen atoms in total. The first kappa shape index (κ1) is 21.2. The molecule has 2 aromatic heterocycles. The van der Waals surface area contributed by atoms with E-state index in [0.29, 0.717) is 5.56 Å². The largest absolute Gasteiger partial charge is 0.355 e. The summed E-state index contributed by atoms with van der Waals surface area (Å²) in [6, 6.07) is 10.8. The number of nitriles is 1. The SMILES string of the molecule is Cc1c(CCN2CCN(C)CC2)c(N2CCN(C)CC2)n2c(nc3ccccc32)c1C#N. The molecular formula is C25H33N7. The van der Waals surface area contributed by atoms with Crippen molar-refractivity contribution < 1.29 is 0 Å². The Morgan fingerprint density at radius 3 is 2.28 bits per heavy atom. The highest BCUT2D eigenvalue weighted by Gasteiger charge is 2.26. The number of nitrogens with zero attached hydrogens (tertiary/aromatic N) is 7. The van der Waals surface area contributed by atoms with E-state index in [1.165, 1.54) is 11.4 Å². The Kier molecular flexibility index (Phi) is 5.76. The van der Waals surface area contributed by atoms with E-state index in [9.17, 15) is 5.26 Å². The summed E-state index contributed by atoms with van der Waals surface area (Å²) in [5, 5.41) is 10.1. The van der Waals surface area contributed by atoms with Crippen LogP contribution >= 0.6 is 0 Å². The highest BCUT2D eigenvalue weighted by Crippen LogP contribution is 2.34. The number of anilines is 1. The molecule has 2 saturated heterocycles. The predicted molar refractivity (Wildman–Crippen MR) is 130 cm³/mol. The van der Waals surface area contributed by atoms with Gasteiger partial charge in [0.05, 0.1) is 16.6 Å². The van der Waals surface area contributed by atoms with Gasteiger partial charge in [-0.2, -0.15) is 5.26 Å². The topological polar surface area (TPSA) is 54.0 Å². The lowest BCUT2D eigenvalue weighted by molar-refractivity contribution is 0.155. The Morgan fingerprint density at radius 2 is 1.59 bits per heavy atom. The Hall–Kier alpha value is -2.66. The second-order valence-corrected chi connectivity index (χ2v) is 9.36. The molecule has 0 N–H and O–H groups in total. The van der Waals surface area contributed by atoms with Crippen molar-refractivity contribution in [3.63, 3.8) is 0 Å². The van der Waals surface area contributed by atoms with Crippen molar-refractivity contribution in [2.45, 2.75) is 13.3 Å². The van der Waals surface area contributed by atoms with Crippen molar-refractivity contribution in [2.75, 3.05) is 77.9 Å². The minimum absolute atomic E-state index is 0.715. The number of benzene rings is 1. The number of hydrogen-bond acceptors (Lipinski definition) is 6. The summed E-state index contributed by atoms with van der Waals surface area (Å²) in [6.45, 7) is 11.7. The number of piperazine rings is 2. The average Bonchev–Trinajstić information content (AvgIpc) is 3.18. The van der Waals surface area contributed by atoms with Crippen LogP contribution in [0.1, 0.15) is 16.7 Å². The average molecular weight is 432 g/mol. The molecule has 0 atom stereocenters. The van der Waals surface area contributed by atoms with Crippen LogP contribution in [0, 0.1) is 18.3 Å². The van der Waals surface area contributed by atoms with Gasteiger partial charge in [-0.3, -0.25) is 4.40 Å². The van der Waals surface area contributed by atoms with E-state index < -0.39 is 0 Å². The first-order chi connectivity index (χ1) is 15.6. The minimum atomic E-state index is 0.715. The number of imidazole rings is 1. The summed E-state index contributed by atoms with van der Waals surface area (Å²) in [5.41, 5.74) is 5.96. The molecule has 0 unspecified atom stereocenters. The molecule has 0 spiro atoms. The maximum Gasteiger partial charge on any atom is 0.157 e. The van der Waals surface area contributed by atoms with Crippen LogP contribution in [0.2, 0.25) is 0 Å². The van der Waals surface area contributed by atoms with Crippen LogP contribution < -0.4 is 4.90 Å². The van der Waals surface area contributed by atoms with Crippen molar-refractivity contribution >= 4 is 22.5 Å². The third-order valence-electron chi connectivity index (χ3n) is 7.28. The van der Waals surface area contributed by atoms with Crippen LogP contribution in [0.4, 0.5) is 5.82 Å². The lowest BCUT2D eigenvalue weighted by Gasteiger charge is -2.37. The predicted octanol–water partition coefficient (Wildman–Crippen LogP) is 2.21. The minimum Gasteiger partial charge on any atom is -0.355 e. The molecule has 7 heteroatoms. The van der Waals surface area contributed by atoms with Gasteiger partial charge in [0.1, 0.15) is 11.9 Å². The second kappa shape index (κ2) is 8.70. The molecule has 3 aromatic rings. The Labute approximate surface area is 190 Å². The monoisotopic (exact) mass is 431 g/mol. The molecule has 0 bridgehead atoms. The van der Waals surface area contributed by atoms with Crippen molar-refractivity contribution in [3.05, 3.63) is 41.0 Å². The van der Waals surface area contributed by atoms with Crippen LogP contribution in [0.3, 0.4) is 0 Å². The zero-order chi connectivity index (χ0) is 22.2. The van der Waals surface area contributed by atoms with Gasteiger partial charge in [0.15, 0.2) is 5.65 Å². The summed E-state index contributed by atoms with van der Waals surface area (Å²) in [6.07, 6.45) is 0.953. The molecule has 4 heterocycles. The van der Waals surface area contributed by atoms with Crippen LogP contribution in [0.5, 0.6) is 0 Å². The fourth-order valence-corrected chi connectivity index (χ4v) is 5.15. The van der Waals surface area contributed by atoms with Gasteiger partial charge in [0.2, 0.25) is 0 Å². The van der Waals surface area contributed by atoms with E-state index in [0.717, 1.165) is 87.6 Å². The Balaban J connectivity index is 1.65. The summed E-state index contributed by atoms with van der Waals surface area (Å²) in [5.74, 6) is 1.24. The van der Waals surface area contributed by atoms with Crippen molar-refractivity contribution in [1.29, 1.82) is 5.26 Å². The summed E-state index contributed by atoms with van der Waals surface area (Å²) < 4.78 is 2.27. The van der Waals surface area contributed by atoms with Crippen molar-refractivity contribution in [2.24, 2.45) is 0 Å². The number of likely N-dealkylation sites (N-methyl/N-ethyl adjacent to an activating group) is 2. The molecule has 0 aliphatic carbocycles. The van der Waals surface area contributed by atoms with E-state index >= 15 is 0 Å². The molecule has 1 aromatic carbocycles. The Morgan fingerprint density at radius 1 is 0.938 bits per heavy atom. The lowest BCUT2D eigenvalue weighted by Crippen LogP contribution is -2.46. The zero-order valence-corrected chi connectivity index (χ0v) is 19.5. The summed E-state index contributed by atoms with van der Waals surface area (Å²) in [4.78, 5) is 14.8. The van der Waals surface area contributed by atoms with Gasteiger partial charge in [-0.15, -0.1) is 0 Å². The van der Waals surface area contributed by atoms with Gasteiger partial charge in [-0.05, 0) is 50.7 Å². The maximum atomic E-state index is 10.1. The molecule has 2 fully saturated rings. The number of hydrogen-bond donors (Lipinski definition) is 0. The second-order valence-electron chi connectivity index (χ2n) is 9.36. The van der Waals surface area contributed by atoms with Gasteiger partial charge < -0.3 is 19.6 Å². The van der Waals surface area contributed by atoms with Crippen molar-refractivity contribution in [3.8, 4) is 6.07 Å². The van der Waals surface area contributed by atoms with E-state index in [1.807, 2.05) is 6.07 Å². The fraction of sp³-hybridized carbons (Fsp3) is 0.520. The molecular weight excluding hydrogens is 398 g/mol. The molecule has 2 aliphatic heterocycles. The molecule has 32 heavy (non-hydrogen) atoms. The Bertz CT molecular complexity index is 1160. The number of pyridine rings is 1. The van der Waals surface area contributed by atoms with E-state index in [2.05, 4.69) is 69.3 Å². The number of para-hydroxylation sites is 2. The molecule has 2 aliphatic rings. The molecule has 5 rings (SSSR count). The number of aromatic nitrogens is 2. The van der Waals surface area contributed by atoms with E-state index in [4.69, 9.17) is 4.98 Å². The third-order valence-corrected chi connectivity index (χ3v) is 7.28. The first-order valence-corrected chi connectivity index (χ1v) is 11.7. The lowest BCUT2D eigenvalue weighted by atomic mass is 10.0. The number of rotatable bonds is 4. The summed E-state index contributed by atoms with van der Waals surface area (Å²) in [7, 11) is 4.39. The quantitative estimate of drug-likeness (QED) is 0.631. The van der Waals surface area contributed by atoms with Gasteiger partial charge in [-0.1, -0.05) is 12.1 Å². The highest BCUT2D eigenvalue weighted by molar-refractivity contribution is 5.86. The summed E-state index contributed by atoms with van der Waals surface area (Å²) >= 11 is 0. The normalized spacial score (nSPS) is 19.1. The molecule has 0 amide bonds. The molecule has 0 saturated carbocycles. The van der Waals surface area contributed by atoms with Crippen molar-refractivity contribution in [1.82, 2.24) is 24.1 Å². The smallest absolute Gasteiger partial charge is 0.157 e. The van der Waals surface area contributed by atoms with Gasteiger partial charge in [0.25, 0.3) is 0 Å². The van der Waals surface area contributed by atoms with E-state index in [1.54, 1.807) is 0 Å². The molecule has 168 valence electrons. The van der Waals surface area contributed by atoms with Gasteiger partial charge in [0, 0.05) is 58.9 Å². The highest BCUT2D eigenvalue weighted by atomic mass is 15.3. The van der Waals surface area contributed by atoms with Gasteiger partial charge in [-0.25, -0.2) is 4.98 Å². The van der Waals surface area contributed by atoms with E-state index in [-0.39, 0.29) is 0 Å².